The Morgan fingerprint density at radius 2 is 2.35 bits per heavy atom. The maximum atomic E-state index is 12.2. The van der Waals surface area contributed by atoms with Crippen LogP contribution in [-0.2, 0) is 6.54 Å². The molecule has 0 radical (unpaired) electrons. The quantitative estimate of drug-likeness (QED) is 0.667. The van der Waals surface area contributed by atoms with E-state index in [1.807, 2.05) is 0 Å². The van der Waals surface area contributed by atoms with E-state index in [2.05, 4.69) is 25.5 Å². The van der Waals surface area contributed by atoms with Crippen LogP contribution in [0.15, 0.2) is 23.4 Å². The lowest BCUT2D eigenvalue weighted by Crippen LogP contribution is -2.22. The van der Waals surface area contributed by atoms with Crippen molar-refractivity contribution in [3.8, 4) is 0 Å². The molecule has 0 spiro atoms. The molecular formula is C12H11N5O2S. The third kappa shape index (κ3) is 2.10. The minimum absolute atomic E-state index is 0.223. The zero-order valence-electron chi connectivity index (χ0n) is 10.6. The van der Waals surface area contributed by atoms with Crippen molar-refractivity contribution >= 4 is 27.5 Å². The summed E-state index contributed by atoms with van der Waals surface area (Å²) in [5.41, 5.74) is 1.24. The highest BCUT2D eigenvalue weighted by Gasteiger charge is 2.18. The van der Waals surface area contributed by atoms with Crippen LogP contribution >= 0.6 is 11.3 Å². The Bertz CT molecular complexity index is 818. The van der Waals surface area contributed by atoms with Crippen LogP contribution in [0.3, 0.4) is 0 Å². The van der Waals surface area contributed by atoms with Gasteiger partial charge in [0.05, 0.1) is 28.8 Å². The third-order valence-corrected chi connectivity index (χ3v) is 4.14. The summed E-state index contributed by atoms with van der Waals surface area (Å²) in [6.45, 7) is 2.11. The molecule has 0 aromatic carbocycles. The van der Waals surface area contributed by atoms with E-state index in [9.17, 15) is 9.59 Å². The molecule has 7 nitrogen and oxygen atoms in total. The van der Waals surface area contributed by atoms with E-state index in [0.29, 0.717) is 27.2 Å². The number of thiophene rings is 1. The van der Waals surface area contributed by atoms with Gasteiger partial charge in [0.2, 0.25) is 0 Å². The maximum Gasteiger partial charge on any atom is 0.262 e. The van der Waals surface area contributed by atoms with Crippen LogP contribution in [0.25, 0.3) is 10.2 Å². The lowest BCUT2D eigenvalue weighted by molar-refractivity contribution is 0.0954. The zero-order valence-corrected chi connectivity index (χ0v) is 11.4. The summed E-state index contributed by atoms with van der Waals surface area (Å²) in [6, 6.07) is 1.78. The van der Waals surface area contributed by atoms with Gasteiger partial charge < -0.3 is 10.3 Å². The molecule has 0 unspecified atom stereocenters. The molecule has 1 amide bonds. The Kier molecular flexibility index (Phi) is 3.07. The molecule has 102 valence electrons. The topological polar surface area (TPSA) is 104 Å². The van der Waals surface area contributed by atoms with Crippen molar-refractivity contribution < 1.29 is 4.79 Å². The predicted molar refractivity (Wildman–Crippen MR) is 74.7 cm³/mol. The van der Waals surface area contributed by atoms with E-state index >= 15 is 0 Å². The number of fused-ring (bicyclic) bond motifs is 1. The van der Waals surface area contributed by atoms with Gasteiger partial charge in [-0.3, -0.25) is 14.7 Å². The Morgan fingerprint density at radius 3 is 3.05 bits per heavy atom. The van der Waals surface area contributed by atoms with Crippen molar-refractivity contribution in [2.75, 3.05) is 0 Å². The fourth-order valence-corrected chi connectivity index (χ4v) is 3.00. The second kappa shape index (κ2) is 4.89. The van der Waals surface area contributed by atoms with Gasteiger partial charge in [-0.05, 0) is 18.6 Å². The number of aromatic nitrogens is 4. The average Bonchev–Trinajstić information content (AvgIpc) is 3.05. The van der Waals surface area contributed by atoms with Crippen molar-refractivity contribution in [1.82, 2.24) is 25.5 Å². The van der Waals surface area contributed by atoms with Crippen LogP contribution in [0.5, 0.6) is 0 Å². The molecule has 3 heterocycles. The number of carbonyl (C=O) groups excluding carboxylic acids is 1. The van der Waals surface area contributed by atoms with Crippen LogP contribution in [-0.4, -0.2) is 26.1 Å². The SMILES string of the molecule is Cc1c(C(=O)NCc2ccn[nH]2)sc2nc[nH]c(=O)c12. The number of nitrogens with one attached hydrogen (secondary N) is 3. The van der Waals surface area contributed by atoms with Crippen molar-refractivity contribution in [1.29, 1.82) is 0 Å². The molecule has 3 aromatic heterocycles. The Labute approximate surface area is 117 Å². The van der Waals surface area contributed by atoms with E-state index in [-0.39, 0.29) is 11.5 Å². The smallest absolute Gasteiger partial charge is 0.262 e. The molecule has 0 aliphatic rings. The summed E-state index contributed by atoms with van der Waals surface area (Å²) in [5, 5.41) is 9.83. The van der Waals surface area contributed by atoms with Crippen molar-refractivity contribution in [2.24, 2.45) is 0 Å². The lowest BCUT2D eigenvalue weighted by Gasteiger charge is -2.02. The van der Waals surface area contributed by atoms with Crippen LogP contribution < -0.4 is 10.9 Å². The van der Waals surface area contributed by atoms with Crippen LogP contribution in [0.1, 0.15) is 20.9 Å². The van der Waals surface area contributed by atoms with E-state index in [4.69, 9.17) is 0 Å². The average molecular weight is 289 g/mol. The van der Waals surface area contributed by atoms with Gasteiger partial charge in [0, 0.05) is 6.20 Å². The standard InChI is InChI=1S/C12H11N5O2S/c1-6-8-10(18)14-5-15-12(8)20-9(6)11(19)13-4-7-2-3-16-17-7/h2-3,5H,4H2,1H3,(H,13,19)(H,16,17)(H,14,15,18). The van der Waals surface area contributed by atoms with Crippen molar-refractivity contribution in [3.05, 3.63) is 45.1 Å². The predicted octanol–water partition coefficient (Wildman–Crippen LogP) is 0.946. The molecular weight excluding hydrogens is 278 g/mol. The number of aromatic amines is 2. The van der Waals surface area contributed by atoms with Crippen LogP contribution in [0.2, 0.25) is 0 Å². The first-order chi connectivity index (χ1) is 9.66. The molecule has 3 N–H and O–H groups in total. The molecule has 0 saturated carbocycles. The largest absolute Gasteiger partial charge is 0.346 e. The number of carbonyl (C=O) groups is 1. The van der Waals surface area contributed by atoms with Gasteiger partial charge in [0.25, 0.3) is 11.5 Å². The summed E-state index contributed by atoms with van der Waals surface area (Å²) >= 11 is 1.21. The molecule has 0 aliphatic carbocycles. The molecule has 0 saturated heterocycles. The maximum absolute atomic E-state index is 12.2. The van der Waals surface area contributed by atoms with Crippen molar-refractivity contribution in [2.45, 2.75) is 13.5 Å². The second-order valence-electron chi connectivity index (χ2n) is 4.23. The number of nitrogens with zero attached hydrogens (tertiary/aromatic N) is 2. The normalized spacial score (nSPS) is 10.8. The van der Waals surface area contributed by atoms with E-state index in [1.54, 1.807) is 19.2 Å². The molecule has 0 bridgehead atoms. The Morgan fingerprint density at radius 1 is 1.50 bits per heavy atom. The zero-order chi connectivity index (χ0) is 14.1. The van der Waals surface area contributed by atoms with E-state index in [0.717, 1.165) is 5.69 Å². The van der Waals surface area contributed by atoms with E-state index in [1.165, 1.54) is 17.7 Å². The molecule has 0 atom stereocenters. The van der Waals surface area contributed by atoms with Gasteiger partial charge in [-0.2, -0.15) is 5.10 Å². The van der Waals surface area contributed by atoms with Crippen LogP contribution in [0, 0.1) is 6.92 Å². The number of hydrogen-bond acceptors (Lipinski definition) is 5. The Hall–Kier alpha value is -2.48. The second-order valence-corrected chi connectivity index (χ2v) is 5.23. The number of rotatable bonds is 3. The highest BCUT2D eigenvalue weighted by atomic mass is 32.1. The fraction of sp³-hybridized carbons (Fsp3) is 0.167. The van der Waals surface area contributed by atoms with Gasteiger partial charge in [-0.15, -0.1) is 11.3 Å². The van der Waals surface area contributed by atoms with Gasteiger partial charge in [0.15, 0.2) is 0 Å². The molecule has 0 aliphatic heterocycles. The summed E-state index contributed by atoms with van der Waals surface area (Å²) in [6.07, 6.45) is 2.96. The number of H-pyrrole nitrogens is 2. The first-order valence-corrected chi connectivity index (χ1v) is 6.71. The number of aryl methyl sites for hydroxylation is 1. The summed E-state index contributed by atoms with van der Waals surface area (Å²) in [5.74, 6) is -0.223. The van der Waals surface area contributed by atoms with Crippen LogP contribution in [0.4, 0.5) is 0 Å². The van der Waals surface area contributed by atoms with Gasteiger partial charge in [-0.25, -0.2) is 4.98 Å². The molecule has 20 heavy (non-hydrogen) atoms. The molecule has 3 rings (SSSR count). The summed E-state index contributed by atoms with van der Waals surface area (Å²) in [4.78, 5) is 31.6. The highest BCUT2D eigenvalue weighted by molar-refractivity contribution is 7.20. The summed E-state index contributed by atoms with van der Waals surface area (Å²) in [7, 11) is 0. The monoisotopic (exact) mass is 289 g/mol. The van der Waals surface area contributed by atoms with Gasteiger partial charge in [-0.1, -0.05) is 0 Å². The molecule has 8 heteroatoms. The summed E-state index contributed by atoms with van der Waals surface area (Å²) < 4.78 is 0. The number of amides is 1. The third-order valence-electron chi connectivity index (χ3n) is 2.94. The minimum Gasteiger partial charge on any atom is -0.346 e. The van der Waals surface area contributed by atoms with E-state index < -0.39 is 0 Å². The first-order valence-electron chi connectivity index (χ1n) is 5.90. The molecule has 3 aromatic rings. The Balaban J connectivity index is 1.90. The number of hydrogen-bond donors (Lipinski definition) is 3. The molecule has 0 fully saturated rings. The van der Waals surface area contributed by atoms with Crippen molar-refractivity contribution in [3.63, 3.8) is 0 Å². The minimum atomic E-state index is -0.226. The van der Waals surface area contributed by atoms with Gasteiger partial charge >= 0.3 is 0 Å². The highest BCUT2D eigenvalue weighted by Crippen LogP contribution is 2.26. The first kappa shape index (κ1) is 12.5. The lowest BCUT2D eigenvalue weighted by atomic mass is 10.2. The van der Waals surface area contributed by atoms with Gasteiger partial charge in [0.1, 0.15) is 4.83 Å². The fourth-order valence-electron chi connectivity index (χ4n) is 1.93.